The van der Waals surface area contributed by atoms with Gasteiger partial charge in [0.05, 0.1) is 5.56 Å². The van der Waals surface area contributed by atoms with Gasteiger partial charge >= 0.3 is 0 Å². The fraction of sp³-hybridized carbons (Fsp3) is 0.462. The summed E-state index contributed by atoms with van der Waals surface area (Å²) in [6, 6.07) is 6.90. The quantitative estimate of drug-likeness (QED) is 0.841. The Morgan fingerprint density at radius 3 is 3.00 bits per heavy atom. The van der Waals surface area contributed by atoms with Crippen LogP contribution in [-0.2, 0) is 0 Å². The molecule has 0 spiro atoms. The Balaban J connectivity index is 1.90. The van der Waals surface area contributed by atoms with E-state index in [1.165, 1.54) is 25.0 Å². The first kappa shape index (κ1) is 11.9. The molecular weight excluding hydrogens is 217 g/mol. The SMILES string of the molecule is N#Cc1ccc(NCC2CCCCN2)cc1F. The van der Waals surface area contributed by atoms with Gasteiger partial charge in [-0.05, 0) is 37.6 Å². The van der Waals surface area contributed by atoms with Gasteiger partial charge < -0.3 is 10.6 Å². The van der Waals surface area contributed by atoms with Gasteiger partial charge in [0.1, 0.15) is 11.9 Å². The Bertz CT molecular complexity index is 419. The summed E-state index contributed by atoms with van der Waals surface area (Å²) in [6.45, 7) is 1.86. The molecule has 0 amide bonds. The third kappa shape index (κ3) is 3.18. The lowest BCUT2D eigenvalue weighted by molar-refractivity contribution is 0.414. The van der Waals surface area contributed by atoms with Crippen molar-refractivity contribution in [2.24, 2.45) is 0 Å². The van der Waals surface area contributed by atoms with Crippen LogP contribution in [-0.4, -0.2) is 19.1 Å². The molecule has 1 heterocycles. The number of halogens is 1. The highest BCUT2D eigenvalue weighted by atomic mass is 19.1. The van der Waals surface area contributed by atoms with Crippen molar-refractivity contribution in [2.45, 2.75) is 25.3 Å². The fourth-order valence-corrected chi connectivity index (χ4v) is 2.06. The van der Waals surface area contributed by atoms with Gasteiger partial charge in [0.25, 0.3) is 0 Å². The number of piperidine rings is 1. The van der Waals surface area contributed by atoms with E-state index < -0.39 is 5.82 Å². The van der Waals surface area contributed by atoms with E-state index in [0.717, 1.165) is 25.2 Å². The standard InChI is InChI=1S/C13H16FN3/c14-13-7-11(5-4-10(13)8-15)17-9-12-3-1-2-6-16-12/h4-5,7,12,16-17H,1-3,6,9H2. The zero-order valence-electron chi connectivity index (χ0n) is 9.67. The summed E-state index contributed by atoms with van der Waals surface area (Å²) in [7, 11) is 0. The summed E-state index contributed by atoms with van der Waals surface area (Å²) in [4.78, 5) is 0. The highest BCUT2D eigenvalue weighted by molar-refractivity contribution is 5.48. The zero-order chi connectivity index (χ0) is 12.1. The Morgan fingerprint density at radius 2 is 2.35 bits per heavy atom. The van der Waals surface area contributed by atoms with Gasteiger partial charge in [0, 0.05) is 18.3 Å². The van der Waals surface area contributed by atoms with Crippen LogP contribution in [0.4, 0.5) is 10.1 Å². The van der Waals surface area contributed by atoms with Gasteiger partial charge in [0.2, 0.25) is 0 Å². The molecule has 1 unspecified atom stereocenters. The molecule has 17 heavy (non-hydrogen) atoms. The van der Waals surface area contributed by atoms with Gasteiger partial charge in [-0.25, -0.2) is 4.39 Å². The second-order valence-electron chi connectivity index (χ2n) is 4.33. The molecule has 0 aromatic heterocycles. The predicted molar refractivity (Wildman–Crippen MR) is 65.2 cm³/mol. The van der Waals surface area contributed by atoms with E-state index in [1.807, 2.05) is 6.07 Å². The summed E-state index contributed by atoms with van der Waals surface area (Å²) in [5, 5.41) is 15.2. The van der Waals surface area contributed by atoms with Crippen molar-refractivity contribution in [3.05, 3.63) is 29.6 Å². The van der Waals surface area contributed by atoms with E-state index in [2.05, 4.69) is 10.6 Å². The molecule has 3 nitrogen and oxygen atoms in total. The normalized spacial score (nSPS) is 19.6. The Labute approximate surface area is 101 Å². The number of nitrogens with one attached hydrogen (secondary N) is 2. The third-order valence-corrected chi connectivity index (χ3v) is 3.05. The molecule has 2 N–H and O–H groups in total. The number of nitrogens with zero attached hydrogens (tertiary/aromatic N) is 1. The summed E-state index contributed by atoms with van der Waals surface area (Å²) < 4.78 is 13.3. The van der Waals surface area contributed by atoms with Crippen molar-refractivity contribution in [1.82, 2.24) is 5.32 Å². The first-order chi connectivity index (χ1) is 8.29. The Hall–Kier alpha value is -1.60. The molecule has 0 aliphatic carbocycles. The molecule has 1 saturated heterocycles. The lowest BCUT2D eigenvalue weighted by atomic mass is 10.1. The average Bonchev–Trinajstić information content (AvgIpc) is 2.38. The van der Waals surface area contributed by atoms with Crippen LogP contribution in [0.5, 0.6) is 0 Å². The molecule has 1 aromatic rings. The number of rotatable bonds is 3. The molecule has 4 heteroatoms. The highest BCUT2D eigenvalue weighted by Crippen LogP contribution is 2.14. The van der Waals surface area contributed by atoms with Crippen LogP contribution in [0.2, 0.25) is 0 Å². The second-order valence-corrected chi connectivity index (χ2v) is 4.33. The monoisotopic (exact) mass is 233 g/mol. The van der Waals surface area contributed by atoms with Crippen LogP contribution in [0.3, 0.4) is 0 Å². The average molecular weight is 233 g/mol. The van der Waals surface area contributed by atoms with Crippen LogP contribution >= 0.6 is 0 Å². The molecule has 1 aromatic carbocycles. The van der Waals surface area contributed by atoms with Gasteiger partial charge in [-0.1, -0.05) is 6.42 Å². The van der Waals surface area contributed by atoms with Crippen molar-refractivity contribution in [2.75, 3.05) is 18.4 Å². The minimum Gasteiger partial charge on any atom is -0.383 e. The smallest absolute Gasteiger partial charge is 0.143 e. The van der Waals surface area contributed by atoms with Gasteiger partial charge in [-0.2, -0.15) is 5.26 Å². The van der Waals surface area contributed by atoms with Crippen molar-refractivity contribution in [1.29, 1.82) is 5.26 Å². The zero-order valence-corrected chi connectivity index (χ0v) is 9.67. The van der Waals surface area contributed by atoms with E-state index in [0.29, 0.717) is 6.04 Å². The lowest BCUT2D eigenvalue weighted by Crippen LogP contribution is -2.39. The van der Waals surface area contributed by atoms with Crippen LogP contribution < -0.4 is 10.6 Å². The first-order valence-corrected chi connectivity index (χ1v) is 5.96. The molecule has 0 saturated carbocycles. The largest absolute Gasteiger partial charge is 0.383 e. The van der Waals surface area contributed by atoms with Crippen LogP contribution in [0.1, 0.15) is 24.8 Å². The molecule has 0 radical (unpaired) electrons. The van der Waals surface area contributed by atoms with Crippen LogP contribution in [0.15, 0.2) is 18.2 Å². The number of nitriles is 1. The van der Waals surface area contributed by atoms with E-state index >= 15 is 0 Å². The topological polar surface area (TPSA) is 47.9 Å². The van der Waals surface area contributed by atoms with Crippen molar-refractivity contribution >= 4 is 5.69 Å². The molecule has 0 bridgehead atoms. The molecule has 90 valence electrons. The minimum atomic E-state index is -0.464. The van der Waals surface area contributed by atoms with Gasteiger partial charge in [-0.3, -0.25) is 0 Å². The highest BCUT2D eigenvalue weighted by Gasteiger charge is 2.12. The molecule has 1 fully saturated rings. The van der Waals surface area contributed by atoms with Crippen molar-refractivity contribution < 1.29 is 4.39 Å². The lowest BCUT2D eigenvalue weighted by Gasteiger charge is -2.24. The number of hydrogen-bond donors (Lipinski definition) is 2. The van der Waals surface area contributed by atoms with Gasteiger partial charge in [-0.15, -0.1) is 0 Å². The van der Waals surface area contributed by atoms with E-state index in [4.69, 9.17) is 5.26 Å². The van der Waals surface area contributed by atoms with E-state index in [1.54, 1.807) is 6.07 Å². The molecule has 1 aliphatic heterocycles. The van der Waals surface area contributed by atoms with Crippen LogP contribution in [0.25, 0.3) is 0 Å². The Kier molecular flexibility index (Phi) is 3.94. The maximum absolute atomic E-state index is 13.3. The number of hydrogen-bond acceptors (Lipinski definition) is 3. The van der Waals surface area contributed by atoms with E-state index in [9.17, 15) is 4.39 Å². The maximum atomic E-state index is 13.3. The number of anilines is 1. The maximum Gasteiger partial charge on any atom is 0.143 e. The molecule has 1 atom stereocenters. The number of benzene rings is 1. The summed E-state index contributed by atoms with van der Waals surface area (Å²) in [5.41, 5.74) is 0.820. The molecule has 2 rings (SSSR count). The van der Waals surface area contributed by atoms with Gasteiger partial charge in [0.15, 0.2) is 0 Å². The third-order valence-electron chi connectivity index (χ3n) is 3.05. The molecule has 1 aliphatic rings. The summed E-state index contributed by atoms with van der Waals surface area (Å²) in [6.07, 6.45) is 3.65. The van der Waals surface area contributed by atoms with Crippen molar-refractivity contribution in [3.8, 4) is 6.07 Å². The van der Waals surface area contributed by atoms with Crippen molar-refractivity contribution in [3.63, 3.8) is 0 Å². The fourth-order valence-electron chi connectivity index (χ4n) is 2.06. The van der Waals surface area contributed by atoms with Crippen LogP contribution in [0, 0.1) is 17.1 Å². The minimum absolute atomic E-state index is 0.0892. The van der Waals surface area contributed by atoms with E-state index in [-0.39, 0.29) is 5.56 Å². The first-order valence-electron chi connectivity index (χ1n) is 5.96. The summed E-state index contributed by atoms with van der Waals surface area (Å²) >= 11 is 0. The second kappa shape index (κ2) is 5.65. The molecular formula is C13H16FN3. The predicted octanol–water partition coefficient (Wildman–Crippen LogP) is 2.25. The Morgan fingerprint density at radius 1 is 1.47 bits per heavy atom. The summed E-state index contributed by atoms with van der Waals surface area (Å²) in [5.74, 6) is -0.464.